The van der Waals surface area contributed by atoms with Gasteiger partial charge in [-0.05, 0) is 43.5 Å². The van der Waals surface area contributed by atoms with E-state index in [1.165, 1.54) is 22.2 Å². The zero-order chi connectivity index (χ0) is 16.3. The Bertz CT molecular complexity index is 626. The summed E-state index contributed by atoms with van der Waals surface area (Å²) in [5, 5.41) is 4.88. The van der Waals surface area contributed by atoms with Gasteiger partial charge in [-0.2, -0.15) is 0 Å². The molecule has 0 aliphatic heterocycles. The minimum Gasteiger partial charge on any atom is -0.494 e. The number of nitrogens with one attached hydrogen (secondary N) is 1. The lowest BCUT2D eigenvalue weighted by molar-refractivity contribution is 0.340. The van der Waals surface area contributed by atoms with Crippen molar-refractivity contribution in [2.24, 2.45) is 5.92 Å². The molecule has 0 bridgehead atoms. The third kappa shape index (κ3) is 3.64. The van der Waals surface area contributed by atoms with Crippen molar-refractivity contribution in [1.82, 2.24) is 9.88 Å². The lowest BCUT2D eigenvalue weighted by atomic mass is 10.1. The maximum absolute atomic E-state index is 5.70. The Morgan fingerprint density at radius 1 is 1.18 bits per heavy atom. The first-order chi connectivity index (χ1) is 10.4. The number of aromatic nitrogens is 1. The summed E-state index contributed by atoms with van der Waals surface area (Å²) in [6.45, 7) is 15.8. The van der Waals surface area contributed by atoms with Gasteiger partial charge in [0.25, 0.3) is 0 Å². The second-order valence-corrected chi connectivity index (χ2v) is 6.72. The summed E-state index contributed by atoms with van der Waals surface area (Å²) in [7, 11) is 0. The summed E-state index contributed by atoms with van der Waals surface area (Å²) < 4.78 is 8.15. The molecule has 3 nitrogen and oxygen atoms in total. The van der Waals surface area contributed by atoms with Crippen LogP contribution in [0.25, 0.3) is 10.9 Å². The van der Waals surface area contributed by atoms with Crippen LogP contribution in [0.5, 0.6) is 5.75 Å². The lowest BCUT2D eigenvalue weighted by Crippen LogP contribution is -2.22. The number of benzene rings is 1. The van der Waals surface area contributed by atoms with Crippen molar-refractivity contribution in [3.05, 3.63) is 29.5 Å². The zero-order valence-corrected chi connectivity index (χ0v) is 14.9. The van der Waals surface area contributed by atoms with Gasteiger partial charge < -0.3 is 14.6 Å². The molecule has 0 saturated carbocycles. The van der Waals surface area contributed by atoms with Crippen LogP contribution < -0.4 is 10.1 Å². The topological polar surface area (TPSA) is 26.2 Å². The Kier molecular flexibility index (Phi) is 5.52. The van der Waals surface area contributed by atoms with Crippen molar-refractivity contribution >= 4 is 10.9 Å². The highest BCUT2D eigenvalue weighted by Gasteiger charge is 2.15. The summed E-state index contributed by atoms with van der Waals surface area (Å²) in [6.07, 6.45) is 0. The van der Waals surface area contributed by atoms with Gasteiger partial charge in [0, 0.05) is 35.7 Å². The first-order valence-electron chi connectivity index (χ1n) is 8.41. The third-order valence-electron chi connectivity index (χ3n) is 3.97. The molecule has 0 atom stereocenters. The Hall–Kier alpha value is -1.48. The van der Waals surface area contributed by atoms with Gasteiger partial charge in [-0.1, -0.05) is 27.7 Å². The normalized spacial score (nSPS) is 11.8. The summed E-state index contributed by atoms with van der Waals surface area (Å²) in [6, 6.07) is 6.97. The van der Waals surface area contributed by atoms with Gasteiger partial charge in [0.05, 0.1) is 6.61 Å². The molecule has 1 aromatic carbocycles. The Labute approximate surface area is 134 Å². The van der Waals surface area contributed by atoms with E-state index in [0.717, 1.165) is 18.8 Å². The second kappa shape index (κ2) is 7.19. The summed E-state index contributed by atoms with van der Waals surface area (Å²) >= 11 is 0. The molecule has 3 heteroatoms. The molecule has 2 aromatic rings. The van der Waals surface area contributed by atoms with Gasteiger partial charge >= 0.3 is 0 Å². The van der Waals surface area contributed by atoms with Crippen LogP contribution in [-0.4, -0.2) is 17.2 Å². The van der Waals surface area contributed by atoms with Crippen LogP contribution in [0.3, 0.4) is 0 Å². The largest absolute Gasteiger partial charge is 0.494 e. The van der Waals surface area contributed by atoms with Crippen LogP contribution in [-0.2, 0) is 13.1 Å². The van der Waals surface area contributed by atoms with Crippen LogP contribution in [0.15, 0.2) is 18.2 Å². The molecule has 0 fully saturated rings. The summed E-state index contributed by atoms with van der Waals surface area (Å²) in [5.41, 5.74) is 4.08. The van der Waals surface area contributed by atoms with E-state index in [9.17, 15) is 0 Å². The molecule has 0 spiro atoms. The van der Waals surface area contributed by atoms with Crippen molar-refractivity contribution < 1.29 is 4.74 Å². The van der Waals surface area contributed by atoms with Crippen LogP contribution in [0.2, 0.25) is 0 Å². The van der Waals surface area contributed by atoms with E-state index in [1.807, 2.05) is 6.92 Å². The second-order valence-electron chi connectivity index (χ2n) is 6.72. The molecular formula is C19H30N2O. The predicted molar refractivity (Wildman–Crippen MR) is 94.7 cm³/mol. The summed E-state index contributed by atoms with van der Waals surface area (Å²) in [4.78, 5) is 0. The van der Waals surface area contributed by atoms with E-state index in [4.69, 9.17) is 4.74 Å². The summed E-state index contributed by atoms with van der Waals surface area (Å²) in [5.74, 6) is 1.59. The number of nitrogens with zero attached hydrogens (tertiary/aromatic N) is 1. The standard InChI is InChI=1S/C19H30N2O/c1-7-22-16-8-9-19-17(10-16)18(11-20-14(4)5)15(6)21(19)12-13(2)3/h8-10,13-14,20H,7,11-12H2,1-6H3. The van der Waals surface area contributed by atoms with Crippen molar-refractivity contribution in [3.8, 4) is 5.75 Å². The molecule has 0 aliphatic carbocycles. The quantitative estimate of drug-likeness (QED) is 0.815. The minimum atomic E-state index is 0.484. The number of fused-ring (bicyclic) bond motifs is 1. The molecule has 0 aliphatic rings. The maximum atomic E-state index is 5.70. The van der Waals surface area contributed by atoms with Crippen molar-refractivity contribution in [2.45, 2.75) is 60.7 Å². The Morgan fingerprint density at radius 2 is 1.91 bits per heavy atom. The molecule has 1 N–H and O–H groups in total. The van der Waals surface area contributed by atoms with Gasteiger partial charge in [0.2, 0.25) is 0 Å². The molecule has 0 amide bonds. The van der Waals surface area contributed by atoms with E-state index in [2.05, 4.69) is 62.7 Å². The molecule has 0 saturated heterocycles. The van der Waals surface area contributed by atoms with E-state index in [-0.39, 0.29) is 0 Å². The first kappa shape index (κ1) is 16.9. The number of hydrogen-bond acceptors (Lipinski definition) is 2. The fraction of sp³-hybridized carbons (Fsp3) is 0.579. The minimum absolute atomic E-state index is 0.484. The Balaban J connectivity index is 2.52. The molecule has 22 heavy (non-hydrogen) atoms. The van der Waals surface area contributed by atoms with Gasteiger partial charge in [-0.3, -0.25) is 0 Å². The van der Waals surface area contributed by atoms with Crippen LogP contribution in [0, 0.1) is 12.8 Å². The van der Waals surface area contributed by atoms with Crippen molar-refractivity contribution in [3.63, 3.8) is 0 Å². The maximum Gasteiger partial charge on any atom is 0.120 e. The highest BCUT2D eigenvalue weighted by molar-refractivity contribution is 5.87. The molecule has 1 heterocycles. The molecular weight excluding hydrogens is 272 g/mol. The average molecular weight is 302 g/mol. The van der Waals surface area contributed by atoms with E-state index < -0.39 is 0 Å². The number of rotatable bonds is 7. The highest BCUT2D eigenvalue weighted by Crippen LogP contribution is 2.30. The van der Waals surface area contributed by atoms with Crippen LogP contribution in [0.1, 0.15) is 45.9 Å². The third-order valence-corrected chi connectivity index (χ3v) is 3.97. The van der Waals surface area contributed by atoms with Crippen LogP contribution >= 0.6 is 0 Å². The first-order valence-corrected chi connectivity index (χ1v) is 8.41. The van der Waals surface area contributed by atoms with E-state index in [0.29, 0.717) is 18.6 Å². The molecule has 1 aromatic heterocycles. The molecule has 122 valence electrons. The van der Waals surface area contributed by atoms with Crippen molar-refractivity contribution in [1.29, 1.82) is 0 Å². The highest BCUT2D eigenvalue weighted by atomic mass is 16.5. The van der Waals surface area contributed by atoms with Gasteiger partial charge in [0.15, 0.2) is 0 Å². The number of ether oxygens (including phenoxy) is 1. The predicted octanol–water partition coefficient (Wildman–Crippen LogP) is 4.50. The van der Waals surface area contributed by atoms with Gasteiger partial charge in [0.1, 0.15) is 5.75 Å². The Morgan fingerprint density at radius 3 is 2.50 bits per heavy atom. The fourth-order valence-electron chi connectivity index (χ4n) is 2.92. The SMILES string of the molecule is CCOc1ccc2c(c1)c(CNC(C)C)c(C)n2CC(C)C. The molecule has 0 radical (unpaired) electrons. The van der Waals surface area contributed by atoms with E-state index in [1.54, 1.807) is 0 Å². The van der Waals surface area contributed by atoms with Gasteiger partial charge in [-0.25, -0.2) is 0 Å². The average Bonchev–Trinajstić information content (AvgIpc) is 2.69. The lowest BCUT2D eigenvalue weighted by Gasteiger charge is -2.12. The van der Waals surface area contributed by atoms with Gasteiger partial charge in [-0.15, -0.1) is 0 Å². The van der Waals surface area contributed by atoms with Crippen LogP contribution in [0.4, 0.5) is 0 Å². The molecule has 2 rings (SSSR count). The van der Waals surface area contributed by atoms with Crippen molar-refractivity contribution in [2.75, 3.05) is 6.61 Å². The zero-order valence-electron chi connectivity index (χ0n) is 14.9. The number of hydrogen-bond donors (Lipinski definition) is 1. The smallest absolute Gasteiger partial charge is 0.120 e. The molecule has 0 unspecified atom stereocenters. The van der Waals surface area contributed by atoms with E-state index >= 15 is 0 Å². The monoisotopic (exact) mass is 302 g/mol. The fourth-order valence-corrected chi connectivity index (χ4v) is 2.92.